The molecule has 176 valence electrons. The number of hydrogen-bond acceptors (Lipinski definition) is 4. The fourth-order valence-electron chi connectivity index (χ4n) is 3.35. The zero-order valence-corrected chi connectivity index (χ0v) is 21.1. The molecule has 2 aromatic heterocycles. The molecule has 0 aliphatic carbocycles. The smallest absolute Gasteiger partial charge is 0.270 e. The van der Waals surface area contributed by atoms with Crippen LogP contribution in [0.3, 0.4) is 0 Å². The van der Waals surface area contributed by atoms with E-state index in [1.54, 1.807) is 17.5 Å². The Kier molecular flexibility index (Phi) is 8.69. The van der Waals surface area contributed by atoms with E-state index in [1.807, 2.05) is 49.2 Å². The van der Waals surface area contributed by atoms with Crippen LogP contribution in [0.5, 0.6) is 0 Å². The highest BCUT2D eigenvalue weighted by Gasteiger charge is 2.20. The van der Waals surface area contributed by atoms with Gasteiger partial charge in [-0.2, -0.15) is 0 Å². The van der Waals surface area contributed by atoms with E-state index in [0.29, 0.717) is 41.8 Å². The second kappa shape index (κ2) is 11.5. The summed E-state index contributed by atoms with van der Waals surface area (Å²) in [5.41, 5.74) is 1.95. The second-order valence-corrected chi connectivity index (χ2v) is 9.82. The van der Waals surface area contributed by atoms with Crippen molar-refractivity contribution in [3.8, 4) is 0 Å². The first-order chi connectivity index (χ1) is 15.8. The number of aromatic nitrogens is 2. The molecule has 0 fully saturated rings. The lowest BCUT2D eigenvalue weighted by Crippen LogP contribution is -2.36. The molecule has 0 aliphatic rings. The molecule has 1 unspecified atom stereocenters. The van der Waals surface area contributed by atoms with Crippen molar-refractivity contribution in [3.05, 3.63) is 75.0 Å². The summed E-state index contributed by atoms with van der Waals surface area (Å²) in [6, 6.07) is 11.2. The van der Waals surface area contributed by atoms with Crippen LogP contribution in [0.2, 0.25) is 5.02 Å². The number of carbonyl (C=O) groups excluding carboxylic acids is 2. The Morgan fingerprint density at radius 1 is 1.18 bits per heavy atom. The van der Waals surface area contributed by atoms with Gasteiger partial charge in [0.1, 0.15) is 10.7 Å². The van der Waals surface area contributed by atoms with Crippen molar-refractivity contribution < 1.29 is 9.59 Å². The minimum absolute atomic E-state index is 0.0809. The standard InChI is InChI=1S/C25H31ClN4O2S/c1-5-12-30(25(32)20-10-6-7-11-21(20)26)14-19-9-8-13-29(19)15-23-28-22(16-33-23)24(31)27-18(4)17(2)3/h6-11,13,16-18H,5,12,14-15H2,1-4H3,(H,27,31). The monoisotopic (exact) mass is 486 g/mol. The van der Waals surface area contributed by atoms with Gasteiger partial charge in [0.25, 0.3) is 11.8 Å². The summed E-state index contributed by atoms with van der Waals surface area (Å²) < 4.78 is 2.07. The maximum absolute atomic E-state index is 13.1. The van der Waals surface area contributed by atoms with Gasteiger partial charge >= 0.3 is 0 Å². The maximum atomic E-state index is 13.1. The Morgan fingerprint density at radius 2 is 1.94 bits per heavy atom. The lowest BCUT2D eigenvalue weighted by atomic mass is 10.1. The second-order valence-electron chi connectivity index (χ2n) is 8.47. The molecule has 2 heterocycles. The summed E-state index contributed by atoms with van der Waals surface area (Å²) in [4.78, 5) is 32.0. The van der Waals surface area contributed by atoms with E-state index in [2.05, 4.69) is 28.7 Å². The van der Waals surface area contributed by atoms with Crippen molar-refractivity contribution in [2.45, 2.75) is 53.2 Å². The predicted molar refractivity (Wildman–Crippen MR) is 134 cm³/mol. The Balaban J connectivity index is 1.72. The van der Waals surface area contributed by atoms with Crippen LogP contribution < -0.4 is 5.32 Å². The molecule has 8 heteroatoms. The summed E-state index contributed by atoms with van der Waals surface area (Å²) in [6.45, 7) is 9.83. The van der Waals surface area contributed by atoms with Gasteiger partial charge in [-0.15, -0.1) is 11.3 Å². The van der Waals surface area contributed by atoms with E-state index >= 15 is 0 Å². The first-order valence-corrected chi connectivity index (χ1v) is 12.5. The Labute approximate surface area is 204 Å². The zero-order chi connectivity index (χ0) is 24.0. The number of nitrogens with zero attached hydrogens (tertiary/aromatic N) is 3. The highest BCUT2D eigenvalue weighted by Crippen LogP contribution is 2.20. The third-order valence-corrected chi connectivity index (χ3v) is 6.77. The van der Waals surface area contributed by atoms with E-state index in [0.717, 1.165) is 17.1 Å². The number of hydrogen-bond donors (Lipinski definition) is 1. The third-order valence-electron chi connectivity index (χ3n) is 5.61. The van der Waals surface area contributed by atoms with E-state index in [-0.39, 0.29) is 17.9 Å². The van der Waals surface area contributed by atoms with Crippen molar-refractivity contribution in [3.63, 3.8) is 0 Å². The van der Waals surface area contributed by atoms with E-state index in [1.165, 1.54) is 11.3 Å². The SMILES string of the molecule is CCCN(Cc1cccn1Cc1nc(C(=O)NC(C)C(C)C)cs1)C(=O)c1ccccc1Cl. The average molecular weight is 487 g/mol. The third kappa shape index (κ3) is 6.45. The van der Waals surface area contributed by atoms with Gasteiger partial charge in [0.2, 0.25) is 0 Å². The summed E-state index contributed by atoms with van der Waals surface area (Å²) >= 11 is 7.73. The fourth-order valence-corrected chi connectivity index (χ4v) is 4.34. The van der Waals surface area contributed by atoms with Gasteiger partial charge in [-0.1, -0.05) is 44.5 Å². The van der Waals surface area contributed by atoms with Crippen molar-refractivity contribution in [1.82, 2.24) is 19.8 Å². The van der Waals surface area contributed by atoms with Gasteiger partial charge in [0.15, 0.2) is 0 Å². The highest BCUT2D eigenvalue weighted by atomic mass is 35.5. The Bertz CT molecular complexity index is 1090. The normalized spacial score (nSPS) is 12.1. The Hall–Kier alpha value is -2.64. The van der Waals surface area contributed by atoms with Crippen LogP contribution in [0.4, 0.5) is 0 Å². The molecule has 33 heavy (non-hydrogen) atoms. The summed E-state index contributed by atoms with van der Waals surface area (Å²) in [5.74, 6) is 0.127. The van der Waals surface area contributed by atoms with Gasteiger partial charge in [-0.3, -0.25) is 9.59 Å². The van der Waals surface area contributed by atoms with Crippen LogP contribution in [0.25, 0.3) is 0 Å². The number of amides is 2. The minimum atomic E-state index is -0.147. The summed E-state index contributed by atoms with van der Waals surface area (Å²) in [7, 11) is 0. The molecule has 1 atom stereocenters. The van der Waals surface area contributed by atoms with Crippen molar-refractivity contribution in [1.29, 1.82) is 0 Å². The van der Waals surface area contributed by atoms with Crippen LogP contribution >= 0.6 is 22.9 Å². The van der Waals surface area contributed by atoms with Gasteiger partial charge < -0.3 is 14.8 Å². The topological polar surface area (TPSA) is 67.2 Å². The molecule has 0 spiro atoms. The van der Waals surface area contributed by atoms with E-state index in [9.17, 15) is 9.59 Å². The number of rotatable bonds is 10. The van der Waals surface area contributed by atoms with Crippen molar-refractivity contribution in [2.24, 2.45) is 5.92 Å². The molecule has 3 aromatic rings. The quantitative estimate of drug-likeness (QED) is 0.413. The molecule has 3 rings (SSSR count). The van der Waals surface area contributed by atoms with Crippen LogP contribution in [0.15, 0.2) is 48.0 Å². The van der Waals surface area contributed by atoms with Crippen LogP contribution in [-0.2, 0) is 13.1 Å². The largest absolute Gasteiger partial charge is 0.348 e. The van der Waals surface area contributed by atoms with Gasteiger partial charge in [-0.05, 0) is 43.5 Å². The fraction of sp³-hybridized carbons (Fsp3) is 0.400. The van der Waals surface area contributed by atoms with Crippen LogP contribution in [0, 0.1) is 5.92 Å². The van der Waals surface area contributed by atoms with Crippen molar-refractivity contribution >= 4 is 34.8 Å². The Morgan fingerprint density at radius 3 is 2.64 bits per heavy atom. The molecule has 1 aromatic carbocycles. The average Bonchev–Trinajstić information content (AvgIpc) is 3.43. The van der Waals surface area contributed by atoms with Gasteiger partial charge in [-0.25, -0.2) is 4.98 Å². The molecular formula is C25H31ClN4O2S. The highest BCUT2D eigenvalue weighted by molar-refractivity contribution is 7.09. The molecule has 0 aliphatic heterocycles. The predicted octanol–water partition coefficient (Wildman–Crippen LogP) is 5.47. The maximum Gasteiger partial charge on any atom is 0.270 e. The summed E-state index contributed by atoms with van der Waals surface area (Å²) in [5, 5.41) is 6.09. The molecule has 2 amide bonds. The molecule has 0 saturated carbocycles. The lowest BCUT2D eigenvalue weighted by molar-refractivity contribution is 0.0739. The molecule has 0 bridgehead atoms. The molecular weight excluding hydrogens is 456 g/mol. The number of nitrogens with one attached hydrogen (secondary N) is 1. The van der Waals surface area contributed by atoms with E-state index in [4.69, 9.17) is 11.6 Å². The molecule has 0 radical (unpaired) electrons. The number of benzene rings is 1. The summed E-state index contributed by atoms with van der Waals surface area (Å²) in [6.07, 6.45) is 2.82. The van der Waals surface area contributed by atoms with Gasteiger partial charge in [0.05, 0.1) is 23.7 Å². The number of thiazole rings is 1. The lowest BCUT2D eigenvalue weighted by Gasteiger charge is -2.23. The molecule has 0 saturated heterocycles. The van der Waals surface area contributed by atoms with Crippen LogP contribution in [-0.4, -0.2) is 38.9 Å². The van der Waals surface area contributed by atoms with Gasteiger partial charge in [0, 0.05) is 29.9 Å². The van der Waals surface area contributed by atoms with E-state index < -0.39 is 0 Å². The number of halogens is 1. The number of carbonyl (C=O) groups is 2. The van der Waals surface area contributed by atoms with Crippen molar-refractivity contribution in [2.75, 3.05) is 6.54 Å². The van der Waals surface area contributed by atoms with Crippen LogP contribution in [0.1, 0.15) is 65.7 Å². The first-order valence-electron chi connectivity index (χ1n) is 11.2. The minimum Gasteiger partial charge on any atom is -0.348 e. The molecule has 1 N–H and O–H groups in total. The first kappa shape index (κ1) is 25.0. The molecule has 6 nitrogen and oxygen atoms in total. The zero-order valence-electron chi connectivity index (χ0n) is 19.5.